The van der Waals surface area contributed by atoms with Crippen molar-refractivity contribution in [3.05, 3.63) is 0 Å². The lowest BCUT2D eigenvalue weighted by atomic mass is 9.87. The zero-order valence-electron chi connectivity index (χ0n) is 10.4. The summed E-state index contributed by atoms with van der Waals surface area (Å²) < 4.78 is 5.14. The quantitative estimate of drug-likeness (QED) is 0.626. The average molecular weight is 213 g/mol. The summed E-state index contributed by atoms with van der Waals surface area (Å²) in [6, 6.07) is 0. The summed E-state index contributed by atoms with van der Waals surface area (Å²) in [7, 11) is 1.80. The maximum Gasteiger partial charge on any atom is 0.0462 e. The maximum absolute atomic E-state index is 5.14. The zero-order chi connectivity index (χ0) is 10.9. The molecule has 1 aliphatic rings. The number of rotatable bonds is 8. The molecule has 0 aromatic rings. The minimum Gasteiger partial charge on any atom is -0.385 e. The molecule has 0 heterocycles. The molecule has 0 aliphatic heterocycles. The van der Waals surface area contributed by atoms with E-state index in [1.165, 1.54) is 45.1 Å². The Balaban J connectivity index is 2.23. The van der Waals surface area contributed by atoms with Gasteiger partial charge in [0, 0.05) is 13.7 Å². The van der Waals surface area contributed by atoms with Gasteiger partial charge in [-0.2, -0.15) is 0 Å². The molecule has 0 aromatic carbocycles. The Hall–Kier alpha value is -0.0800. The third-order valence-corrected chi connectivity index (χ3v) is 3.65. The molecule has 0 aromatic heterocycles. The molecule has 1 aliphatic carbocycles. The summed E-state index contributed by atoms with van der Waals surface area (Å²) in [6.45, 7) is 5.44. The van der Waals surface area contributed by atoms with Gasteiger partial charge >= 0.3 is 0 Å². The van der Waals surface area contributed by atoms with E-state index < -0.39 is 0 Å². The third-order valence-electron chi connectivity index (χ3n) is 3.65. The third kappa shape index (κ3) is 4.98. The van der Waals surface area contributed by atoms with Crippen LogP contribution in [0.3, 0.4) is 0 Å². The standard InChI is InChI=1S/C13H27NO/c1-3-14-11-13(9-6-10-15-2)12-7-4-5-8-12/h12-14H,3-11H2,1-2H3. The van der Waals surface area contributed by atoms with E-state index in [0.29, 0.717) is 0 Å². The summed E-state index contributed by atoms with van der Waals surface area (Å²) in [5.74, 6) is 1.88. The molecule has 1 rings (SSSR count). The summed E-state index contributed by atoms with van der Waals surface area (Å²) in [6.07, 6.45) is 8.40. The van der Waals surface area contributed by atoms with Gasteiger partial charge in [0.15, 0.2) is 0 Å². The van der Waals surface area contributed by atoms with Gasteiger partial charge in [-0.3, -0.25) is 0 Å². The van der Waals surface area contributed by atoms with E-state index >= 15 is 0 Å². The van der Waals surface area contributed by atoms with Crippen LogP contribution in [0.1, 0.15) is 45.4 Å². The molecule has 90 valence electrons. The molecule has 0 amide bonds. The van der Waals surface area contributed by atoms with Crippen molar-refractivity contribution in [1.82, 2.24) is 5.32 Å². The Morgan fingerprint density at radius 1 is 1.33 bits per heavy atom. The fourth-order valence-electron chi connectivity index (χ4n) is 2.75. The van der Waals surface area contributed by atoms with Crippen molar-refractivity contribution < 1.29 is 4.74 Å². The highest BCUT2D eigenvalue weighted by Crippen LogP contribution is 2.33. The molecule has 2 heteroatoms. The second kappa shape index (κ2) is 8.12. The van der Waals surface area contributed by atoms with Crippen LogP contribution in [0.2, 0.25) is 0 Å². The molecule has 1 fully saturated rings. The Morgan fingerprint density at radius 2 is 2.07 bits per heavy atom. The van der Waals surface area contributed by atoms with Crippen molar-refractivity contribution in [2.45, 2.75) is 45.4 Å². The molecule has 1 N–H and O–H groups in total. The highest BCUT2D eigenvalue weighted by Gasteiger charge is 2.23. The highest BCUT2D eigenvalue weighted by molar-refractivity contribution is 4.77. The van der Waals surface area contributed by atoms with Gasteiger partial charge in [0.1, 0.15) is 0 Å². The van der Waals surface area contributed by atoms with E-state index in [4.69, 9.17) is 4.74 Å². The van der Waals surface area contributed by atoms with Gasteiger partial charge in [-0.15, -0.1) is 0 Å². The molecule has 0 radical (unpaired) electrons. The van der Waals surface area contributed by atoms with Gasteiger partial charge in [-0.1, -0.05) is 32.6 Å². The Bertz CT molecular complexity index is 143. The second-order valence-corrected chi connectivity index (χ2v) is 4.75. The van der Waals surface area contributed by atoms with Crippen LogP contribution in [0.25, 0.3) is 0 Å². The summed E-state index contributed by atoms with van der Waals surface area (Å²) in [5, 5.41) is 3.51. The summed E-state index contributed by atoms with van der Waals surface area (Å²) in [5.41, 5.74) is 0. The van der Waals surface area contributed by atoms with E-state index in [2.05, 4.69) is 12.2 Å². The first-order valence-corrected chi connectivity index (χ1v) is 6.58. The number of nitrogens with one attached hydrogen (secondary N) is 1. The van der Waals surface area contributed by atoms with Crippen LogP contribution in [0, 0.1) is 11.8 Å². The van der Waals surface area contributed by atoms with Crippen molar-refractivity contribution in [3.63, 3.8) is 0 Å². The average Bonchev–Trinajstić information content (AvgIpc) is 2.76. The van der Waals surface area contributed by atoms with Gasteiger partial charge in [0.2, 0.25) is 0 Å². The van der Waals surface area contributed by atoms with Crippen LogP contribution in [0.5, 0.6) is 0 Å². The van der Waals surface area contributed by atoms with Gasteiger partial charge in [-0.25, -0.2) is 0 Å². The van der Waals surface area contributed by atoms with E-state index in [0.717, 1.165) is 25.0 Å². The molecule has 1 unspecified atom stereocenters. The largest absolute Gasteiger partial charge is 0.385 e. The van der Waals surface area contributed by atoms with E-state index in [1.807, 2.05) is 0 Å². The van der Waals surface area contributed by atoms with Crippen molar-refractivity contribution in [1.29, 1.82) is 0 Å². The van der Waals surface area contributed by atoms with Crippen LogP contribution >= 0.6 is 0 Å². The number of methoxy groups -OCH3 is 1. The van der Waals surface area contributed by atoms with Crippen LogP contribution in [0.4, 0.5) is 0 Å². The fraction of sp³-hybridized carbons (Fsp3) is 1.00. The lowest BCUT2D eigenvalue weighted by Crippen LogP contribution is -2.27. The number of hydrogen-bond donors (Lipinski definition) is 1. The normalized spacial score (nSPS) is 19.6. The number of hydrogen-bond acceptors (Lipinski definition) is 2. The van der Waals surface area contributed by atoms with Gasteiger partial charge in [0.05, 0.1) is 0 Å². The van der Waals surface area contributed by atoms with Gasteiger partial charge in [0.25, 0.3) is 0 Å². The molecule has 1 saturated carbocycles. The molecule has 0 bridgehead atoms. The van der Waals surface area contributed by atoms with Crippen molar-refractivity contribution in [2.24, 2.45) is 11.8 Å². The molecule has 1 atom stereocenters. The molecular formula is C13H27NO. The van der Waals surface area contributed by atoms with E-state index in [1.54, 1.807) is 7.11 Å². The molecule has 2 nitrogen and oxygen atoms in total. The summed E-state index contributed by atoms with van der Waals surface area (Å²) >= 11 is 0. The van der Waals surface area contributed by atoms with Gasteiger partial charge in [-0.05, 0) is 37.8 Å². The monoisotopic (exact) mass is 213 g/mol. The van der Waals surface area contributed by atoms with Crippen molar-refractivity contribution in [2.75, 3.05) is 26.8 Å². The lowest BCUT2D eigenvalue weighted by molar-refractivity contribution is 0.178. The zero-order valence-corrected chi connectivity index (χ0v) is 10.4. The summed E-state index contributed by atoms with van der Waals surface area (Å²) in [4.78, 5) is 0. The first-order valence-electron chi connectivity index (χ1n) is 6.58. The Morgan fingerprint density at radius 3 is 2.67 bits per heavy atom. The molecule has 0 saturated heterocycles. The predicted octanol–water partition coefficient (Wildman–Crippen LogP) is 2.83. The lowest BCUT2D eigenvalue weighted by Gasteiger charge is -2.23. The highest BCUT2D eigenvalue weighted by atomic mass is 16.5. The van der Waals surface area contributed by atoms with Crippen LogP contribution in [-0.2, 0) is 4.74 Å². The Labute approximate surface area is 94.8 Å². The predicted molar refractivity (Wildman–Crippen MR) is 65.1 cm³/mol. The molecular weight excluding hydrogens is 186 g/mol. The number of ether oxygens (including phenoxy) is 1. The van der Waals surface area contributed by atoms with Gasteiger partial charge < -0.3 is 10.1 Å². The van der Waals surface area contributed by atoms with Crippen molar-refractivity contribution >= 4 is 0 Å². The van der Waals surface area contributed by atoms with Crippen LogP contribution in [-0.4, -0.2) is 26.8 Å². The fourth-order valence-corrected chi connectivity index (χ4v) is 2.75. The second-order valence-electron chi connectivity index (χ2n) is 4.75. The van der Waals surface area contributed by atoms with E-state index in [9.17, 15) is 0 Å². The van der Waals surface area contributed by atoms with E-state index in [-0.39, 0.29) is 0 Å². The smallest absolute Gasteiger partial charge is 0.0462 e. The topological polar surface area (TPSA) is 21.3 Å². The van der Waals surface area contributed by atoms with Crippen molar-refractivity contribution in [3.8, 4) is 0 Å². The SMILES string of the molecule is CCNCC(CCCOC)C1CCCC1. The Kier molecular flexibility index (Phi) is 7.03. The maximum atomic E-state index is 5.14. The van der Waals surface area contributed by atoms with Crippen LogP contribution in [0.15, 0.2) is 0 Å². The first kappa shape index (κ1) is 13.0. The molecule has 0 spiro atoms. The minimum atomic E-state index is 0.891. The minimum absolute atomic E-state index is 0.891. The van der Waals surface area contributed by atoms with Crippen LogP contribution < -0.4 is 5.32 Å². The first-order chi connectivity index (χ1) is 7.38. The molecule has 15 heavy (non-hydrogen) atoms.